The smallest absolute Gasteiger partial charge is 0.223 e. The molecule has 2 unspecified atom stereocenters. The number of ether oxygens (including phenoxy) is 1. The van der Waals surface area contributed by atoms with Gasteiger partial charge in [-0.3, -0.25) is 9.69 Å². The van der Waals surface area contributed by atoms with Gasteiger partial charge in [0.05, 0.1) is 13.2 Å². The van der Waals surface area contributed by atoms with Gasteiger partial charge in [-0.2, -0.15) is 0 Å². The molecule has 2 atom stereocenters. The van der Waals surface area contributed by atoms with E-state index in [0.29, 0.717) is 23.8 Å². The number of hydrogen-bond donors (Lipinski definition) is 2. The van der Waals surface area contributed by atoms with Crippen molar-refractivity contribution in [2.45, 2.75) is 75.8 Å². The zero-order valence-corrected chi connectivity index (χ0v) is 16.3. The fourth-order valence-electron chi connectivity index (χ4n) is 6.25. The summed E-state index contributed by atoms with van der Waals surface area (Å²) in [6, 6.07) is 0.339. The second kappa shape index (κ2) is 8.15. The molecule has 4 aliphatic rings. The van der Waals surface area contributed by atoms with Crippen LogP contribution in [0.4, 0.5) is 0 Å². The fraction of sp³-hybridized carbons (Fsp3) is 0.952. The van der Waals surface area contributed by atoms with Gasteiger partial charge in [-0.05, 0) is 50.4 Å². The average molecular weight is 364 g/mol. The summed E-state index contributed by atoms with van der Waals surface area (Å²) in [5.74, 6) is 1.63. The summed E-state index contributed by atoms with van der Waals surface area (Å²) in [4.78, 5) is 15.6. The number of morpholine rings is 1. The normalized spacial score (nSPS) is 37.9. The first-order valence-corrected chi connectivity index (χ1v) is 11.0. The molecular formula is C21H37N3O2. The molecule has 0 aromatic carbocycles. The Kier molecular flexibility index (Phi) is 5.87. The Balaban J connectivity index is 1.37. The number of nitrogens with zero attached hydrogens (tertiary/aromatic N) is 1. The van der Waals surface area contributed by atoms with E-state index in [9.17, 15) is 4.79 Å². The van der Waals surface area contributed by atoms with Gasteiger partial charge >= 0.3 is 0 Å². The van der Waals surface area contributed by atoms with Crippen molar-refractivity contribution >= 4 is 5.91 Å². The summed E-state index contributed by atoms with van der Waals surface area (Å²) in [5.41, 5.74) is 6.57. The number of amides is 1. The Bertz CT molecular complexity index is 472. The molecule has 3 N–H and O–H groups in total. The molecule has 3 aliphatic carbocycles. The first-order chi connectivity index (χ1) is 12.7. The van der Waals surface area contributed by atoms with E-state index in [1.54, 1.807) is 0 Å². The maximum absolute atomic E-state index is 13.0. The van der Waals surface area contributed by atoms with Crippen LogP contribution in [0.3, 0.4) is 0 Å². The van der Waals surface area contributed by atoms with Crippen molar-refractivity contribution in [2.75, 3.05) is 32.8 Å². The molecule has 5 heteroatoms. The molecule has 1 aliphatic heterocycles. The summed E-state index contributed by atoms with van der Waals surface area (Å²) >= 11 is 0. The molecular weight excluding hydrogens is 326 g/mol. The molecule has 0 spiro atoms. The van der Waals surface area contributed by atoms with E-state index in [0.717, 1.165) is 45.7 Å². The van der Waals surface area contributed by atoms with Gasteiger partial charge in [0.15, 0.2) is 0 Å². The van der Waals surface area contributed by atoms with Crippen LogP contribution in [-0.2, 0) is 9.53 Å². The van der Waals surface area contributed by atoms with E-state index in [4.69, 9.17) is 10.5 Å². The number of carbonyl (C=O) groups excluding carboxylic acids is 1. The second-order valence-corrected chi connectivity index (χ2v) is 9.30. The van der Waals surface area contributed by atoms with Crippen LogP contribution in [-0.4, -0.2) is 55.2 Å². The minimum Gasteiger partial charge on any atom is -0.379 e. The van der Waals surface area contributed by atoms with Crippen LogP contribution >= 0.6 is 0 Å². The highest BCUT2D eigenvalue weighted by atomic mass is 16.5. The van der Waals surface area contributed by atoms with Crippen molar-refractivity contribution in [3.63, 3.8) is 0 Å². The number of fused-ring (bicyclic) bond motifs is 2. The Morgan fingerprint density at radius 1 is 1.04 bits per heavy atom. The Hall–Kier alpha value is -0.650. The predicted octanol–water partition coefficient (Wildman–Crippen LogP) is 2.29. The third-order valence-corrected chi connectivity index (χ3v) is 7.84. The van der Waals surface area contributed by atoms with E-state index in [2.05, 4.69) is 10.2 Å². The van der Waals surface area contributed by atoms with E-state index >= 15 is 0 Å². The Morgan fingerprint density at radius 3 is 2.35 bits per heavy atom. The van der Waals surface area contributed by atoms with E-state index in [-0.39, 0.29) is 11.5 Å². The molecule has 3 saturated carbocycles. The number of hydrogen-bond acceptors (Lipinski definition) is 4. The van der Waals surface area contributed by atoms with Crippen LogP contribution in [0.1, 0.15) is 64.2 Å². The molecule has 0 aromatic rings. The van der Waals surface area contributed by atoms with Gasteiger partial charge in [-0.25, -0.2) is 0 Å². The lowest BCUT2D eigenvalue weighted by Crippen LogP contribution is -2.60. The molecule has 4 rings (SSSR count). The van der Waals surface area contributed by atoms with Gasteiger partial charge in [-0.1, -0.05) is 25.7 Å². The highest BCUT2D eigenvalue weighted by molar-refractivity contribution is 5.79. The first-order valence-electron chi connectivity index (χ1n) is 11.0. The lowest BCUT2D eigenvalue weighted by molar-refractivity contribution is -0.129. The minimum atomic E-state index is 0.165. The summed E-state index contributed by atoms with van der Waals surface area (Å²) in [7, 11) is 0. The lowest BCUT2D eigenvalue weighted by Gasteiger charge is -2.48. The molecule has 0 radical (unpaired) electrons. The van der Waals surface area contributed by atoms with Crippen molar-refractivity contribution < 1.29 is 9.53 Å². The number of nitrogens with one attached hydrogen (secondary N) is 1. The van der Waals surface area contributed by atoms with Crippen LogP contribution < -0.4 is 11.1 Å². The van der Waals surface area contributed by atoms with Crippen LogP contribution in [0.5, 0.6) is 0 Å². The summed E-state index contributed by atoms with van der Waals surface area (Å²) in [6.45, 7) is 4.51. The monoisotopic (exact) mass is 363 g/mol. The van der Waals surface area contributed by atoms with Gasteiger partial charge in [-0.15, -0.1) is 0 Å². The highest BCUT2D eigenvalue weighted by Crippen LogP contribution is 2.42. The molecule has 148 valence electrons. The molecule has 5 nitrogen and oxygen atoms in total. The number of nitrogens with two attached hydrogens (primary N) is 1. The second-order valence-electron chi connectivity index (χ2n) is 9.30. The molecule has 1 amide bonds. The highest BCUT2D eigenvalue weighted by Gasteiger charge is 2.42. The summed E-state index contributed by atoms with van der Waals surface area (Å²) in [5, 5.41) is 3.40. The van der Waals surface area contributed by atoms with Crippen LogP contribution in [0.25, 0.3) is 0 Å². The fourth-order valence-corrected chi connectivity index (χ4v) is 6.25. The van der Waals surface area contributed by atoms with Crippen LogP contribution in [0, 0.1) is 17.8 Å². The molecule has 4 fully saturated rings. The molecule has 0 aromatic heterocycles. The van der Waals surface area contributed by atoms with E-state index < -0.39 is 0 Å². The summed E-state index contributed by atoms with van der Waals surface area (Å²) < 4.78 is 5.57. The molecule has 2 bridgehead atoms. The molecule has 1 heterocycles. The predicted molar refractivity (Wildman–Crippen MR) is 103 cm³/mol. The Labute approximate surface area is 158 Å². The molecule has 1 saturated heterocycles. The van der Waals surface area contributed by atoms with E-state index in [1.807, 2.05) is 0 Å². The largest absolute Gasteiger partial charge is 0.379 e. The maximum Gasteiger partial charge on any atom is 0.223 e. The third kappa shape index (κ3) is 3.81. The Morgan fingerprint density at radius 2 is 1.69 bits per heavy atom. The zero-order valence-electron chi connectivity index (χ0n) is 16.3. The summed E-state index contributed by atoms with van der Waals surface area (Å²) in [6.07, 6.45) is 12.1. The topological polar surface area (TPSA) is 67.6 Å². The van der Waals surface area contributed by atoms with E-state index in [1.165, 1.54) is 51.4 Å². The van der Waals surface area contributed by atoms with Gasteiger partial charge in [0, 0.05) is 37.1 Å². The van der Waals surface area contributed by atoms with Gasteiger partial charge in [0.25, 0.3) is 0 Å². The lowest BCUT2D eigenvalue weighted by atomic mass is 9.65. The average Bonchev–Trinajstić information content (AvgIpc) is 2.67. The van der Waals surface area contributed by atoms with Crippen molar-refractivity contribution in [1.29, 1.82) is 0 Å². The van der Waals surface area contributed by atoms with Crippen molar-refractivity contribution in [1.82, 2.24) is 10.2 Å². The van der Waals surface area contributed by atoms with Gasteiger partial charge in [0.1, 0.15) is 0 Å². The van der Waals surface area contributed by atoms with Crippen molar-refractivity contribution in [3.8, 4) is 0 Å². The minimum absolute atomic E-state index is 0.165. The first kappa shape index (κ1) is 18.7. The van der Waals surface area contributed by atoms with Crippen LogP contribution in [0.15, 0.2) is 0 Å². The number of carbonyl (C=O) groups is 1. The van der Waals surface area contributed by atoms with Gasteiger partial charge in [0.2, 0.25) is 5.91 Å². The zero-order chi connectivity index (χ0) is 18.0. The van der Waals surface area contributed by atoms with Crippen molar-refractivity contribution in [2.24, 2.45) is 23.5 Å². The standard InChI is InChI=1S/C21H37N3O2/c22-19-16-5-4-6-17(19)14-18(13-16)20(25)23-15-21(7-2-1-3-8-21)24-9-11-26-12-10-24/h16-19H,1-15,22H2,(H,23,25). The van der Waals surface area contributed by atoms with Crippen molar-refractivity contribution in [3.05, 3.63) is 0 Å². The third-order valence-electron chi connectivity index (χ3n) is 7.84. The quantitative estimate of drug-likeness (QED) is 0.804. The SMILES string of the molecule is NC1C2CCCC1CC(C(=O)NCC1(N3CCOCC3)CCCCC1)C2. The van der Waals surface area contributed by atoms with Crippen LogP contribution in [0.2, 0.25) is 0 Å². The molecule has 26 heavy (non-hydrogen) atoms. The van der Waals surface area contributed by atoms with Gasteiger partial charge < -0.3 is 15.8 Å². The number of rotatable bonds is 4. The maximum atomic E-state index is 13.0.